The number of dihydropyridines is 1. The molecule has 2 heterocycles. The molecule has 6 unspecified atom stereocenters. The van der Waals surface area contributed by atoms with E-state index in [2.05, 4.69) is 10.3 Å². The van der Waals surface area contributed by atoms with Gasteiger partial charge in [0.1, 0.15) is 12.4 Å². The third-order valence-electron chi connectivity index (χ3n) is 8.97. The third-order valence-corrected chi connectivity index (χ3v) is 8.97. The zero-order valence-electron chi connectivity index (χ0n) is 21.8. The second-order valence-electron chi connectivity index (χ2n) is 11.8. The fourth-order valence-electron chi connectivity index (χ4n) is 7.10. The number of nitrogens with zero attached hydrogens (tertiary/aromatic N) is 1. The Kier molecular flexibility index (Phi) is 5.95. The molecule has 0 amide bonds. The van der Waals surface area contributed by atoms with E-state index in [9.17, 15) is 23.1 Å². The smallest absolute Gasteiger partial charge is 0.416 e. The molecule has 39 heavy (non-hydrogen) atoms. The van der Waals surface area contributed by atoms with Crippen LogP contribution in [-0.4, -0.2) is 29.6 Å². The van der Waals surface area contributed by atoms with Crippen molar-refractivity contribution in [2.24, 2.45) is 28.7 Å². The zero-order chi connectivity index (χ0) is 27.9. The van der Waals surface area contributed by atoms with Crippen LogP contribution in [-0.2, 0) is 27.7 Å². The molecule has 2 aliphatic carbocycles. The number of halogens is 4. The predicted octanol–water partition coefficient (Wildman–Crippen LogP) is 6.03. The summed E-state index contributed by atoms with van der Waals surface area (Å²) in [5.41, 5.74) is 0.937. The molecule has 206 valence electrons. The molecule has 0 spiro atoms. The molecule has 4 aliphatic rings. The number of nitrogens with one attached hydrogen (secondary N) is 1. The summed E-state index contributed by atoms with van der Waals surface area (Å²) in [6, 6.07) is 7.61. The van der Waals surface area contributed by atoms with Crippen LogP contribution in [0.15, 0.2) is 53.0 Å². The molecule has 2 saturated carbocycles. The highest BCUT2D eigenvalue weighted by atomic mass is 19.4. The maximum Gasteiger partial charge on any atom is 0.416 e. The molecule has 0 radical (unpaired) electrons. The number of hydrogen-bond donors (Lipinski definition) is 2. The van der Waals surface area contributed by atoms with Crippen molar-refractivity contribution in [3.8, 4) is 0 Å². The van der Waals surface area contributed by atoms with Gasteiger partial charge in [0.25, 0.3) is 0 Å². The molecule has 9 heteroatoms. The molecule has 0 saturated heterocycles. The monoisotopic (exact) mass is 542 g/mol. The summed E-state index contributed by atoms with van der Waals surface area (Å²) in [6.07, 6.45) is -2.03. The molecule has 2 aromatic rings. The number of ether oxygens (including phenoxy) is 1. The van der Waals surface area contributed by atoms with Gasteiger partial charge in [-0.25, -0.2) is 9.38 Å². The lowest BCUT2D eigenvalue weighted by Crippen LogP contribution is -2.43. The van der Waals surface area contributed by atoms with Crippen LogP contribution >= 0.6 is 0 Å². The predicted molar refractivity (Wildman–Crippen MR) is 137 cm³/mol. The summed E-state index contributed by atoms with van der Waals surface area (Å²) in [6.45, 7) is 6.07. The van der Waals surface area contributed by atoms with Crippen LogP contribution in [0.3, 0.4) is 0 Å². The number of fused-ring (bicyclic) bond motifs is 4. The molecule has 2 N–H and O–H groups in total. The minimum Gasteiger partial charge on any atom is -0.481 e. The Morgan fingerprint density at radius 1 is 1.21 bits per heavy atom. The molecule has 6 atom stereocenters. The minimum absolute atomic E-state index is 0.0144. The number of hydrogen-bond acceptors (Lipinski definition) is 4. The lowest BCUT2D eigenvalue weighted by atomic mass is 9.74. The second kappa shape index (κ2) is 8.91. The van der Waals surface area contributed by atoms with Gasteiger partial charge in [-0.1, -0.05) is 49.8 Å². The average molecular weight is 543 g/mol. The number of alkyl halides is 3. The van der Waals surface area contributed by atoms with E-state index in [1.165, 1.54) is 18.2 Å². The molecular formula is C30H30F4N2O3. The van der Waals surface area contributed by atoms with Gasteiger partial charge < -0.3 is 15.2 Å². The fraction of sp³-hybridized carbons (Fsp3) is 0.467. The Bertz CT molecular complexity index is 1410. The van der Waals surface area contributed by atoms with Gasteiger partial charge in [-0.2, -0.15) is 13.2 Å². The lowest BCUT2D eigenvalue weighted by Gasteiger charge is -2.39. The number of carboxylic acids is 1. The highest BCUT2D eigenvalue weighted by Crippen LogP contribution is 2.64. The van der Waals surface area contributed by atoms with E-state index in [0.29, 0.717) is 24.4 Å². The molecule has 2 fully saturated rings. The van der Waals surface area contributed by atoms with Gasteiger partial charge in [0.15, 0.2) is 0 Å². The van der Waals surface area contributed by atoms with Gasteiger partial charge in [-0.05, 0) is 48.4 Å². The molecule has 5 nitrogen and oxygen atoms in total. The summed E-state index contributed by atoms with van der Waals surface area (Å²) in [5, 5.41) is 12.6. The number of carboxylic acid groups (broad SMARTS) is 1. The summed E-state index contributed by atoms with van der Waals surface area (Å²) in [7, 11) is 0. The molecule has 0 aromatic heterocycles. The maximum atomic E-state index is 16.2. The van der Waals surface area contributed by atoms with Crippen molar-refractivity contribution in [1.82, 2.24) is 5.32 Å². The first-order valence-electron chi connectivity index (χ1n) is 13.2. The highest BCUT2D eigenvalue weighted by Gasteiger charge is 2.64. The average Bonchev–Trinajstić information content (AvgIpc) is 3.44. The number of rotatable bonds is 4. The Labute approximate surface area is 224 Å². The van der Waals surface area contributed by atoms with E-state index in [-0.39, 0.29) is 53.0 Å². The molecule has 0 bridgehead atoms. The quantitative estimate of drug-likeness (QED) is 0.464. The second-order valence-corrected chi connectivity index (χ2v) is 11.8. The van der Waals surface area contributed by atoms with Crippen molar-refractivity contribution in [3.63, 3.8) is 0 Å². The largest absolute Gasteiger partial charge is 0.481 e. The van der Waals surface area contributed by atoms with Crippen molar-refractivity contribution in [2.75, 3.05) is 6.54 Å². The SMILES string of the molecule is CC1N=C(OCc2ccc3c(c2F)C(c2ccccc2C(F)(F)F)NCC3(C)C)C=C2CC3C(C(=O)O)C3C21. The standard InChI is InChI=1S/C30H30F4N2O3/c1-14-22-16(10-18-23(22)24(18)28(37)38)11-21(36-14)39-12-15-8-9-20-25(26(15)31)27(35-13-29(20,2)3)17-6-4-5-7-19(17)30(32,33)34/h4-9,11,14,18,22-24,27,35H,10,12-13H2,1-3H3,(H,37,38). The molecule has 6 rings (SSSR count). The van der Waals surface area contributed by atoms with E-state index in [4.69, 9.17) is 4.74 Å². The van der Waals surface area contributed by atoms with Crippen molar-refractivity contribution in [2.45, 2.75) is 57.5 Å². The van der Waals surface area contributed by atoms with Gasteiger partial charge in [-0.3, -0.25) is 4.79 Å². The normalized spacial score (nSPS) is 30.4. The van der Waals surface area contributed by atoms with E-state index in [0.717, 1.165) is 11.6 Å². The van der Waals surface area contributed by atoms with Crippen LogP contribution in [0.25, 0.3) is 0 Å². The summed E-state index contributed by atoms with van der Waals surface area (Å²) < 4.78 is 63.7. The van der Waals surface area contributed by atoms with E-state index in [1.807, 2.05) is 26.8 Å². The van der Waals surface area contributed by atoms with Crippen LogP contribution in [0.2, 0.25) is 0 Å². The van der Waals surface area contributed by atoms with E-state index >= 15 is 4.39 Å². The van der Waals surface area contributed by atoms with Crippen LogP contribution in [0.4, 0.5) is 17.6 Å². The number of benzene rings is 2. The van der Waals surface area contributed by atoms with Crippen LogP contribution < -0.4 is 5.32 Å². The molecule has 2 aliphatic heterocycles. The minimum atomic E-state index is -4.57. The van der Waals surface area contributed by atoms with Crippen LogP contribution in [0.1, 0.15) is 61.1 Å². The van der Waals surface area contributed by atoms with Crippen LogP contribution in [0, 0.1) is 29.5 Å². The van der Waals surface area contributed by atoms with Crippen LogP contribution in [0.5, 0.6) is 0 Å². The van der Waals surface area contributed by atoms with Crippen molar-refractivity contribution in [3.05, 3.63) is 81.7 Å². The van der Waals surface area contributed by atoms with Gasteiger partial charge in [0, 0.05) is 29.0 Å². The molecule has 2 aromatic carbocycles. The van der Waals surface area contributed by atoms with Gasteiger partial charge in [-0.15, -0.1) is 0 Å². The Hall–Kier alpha value is -3.20. The number of aliphatic imine (C=N–C) groups is 1. The lowest BCUT2D eigenvalue weighted by molar-refractivity contribution is -0.140. The summed E-state index contributed by atoms with van der Waals surface area (Å²) in [4.78, 5) is 16.1. The third kappa shape index (κ3) is 4.26. The first-order valence-corrected chi connectivity index (χ1v) is 13.2. The van der Waals surface area contributed by atoms with E-state index < -0.39 is 35.0 Å². The maximum absolute atomic E-state index is 16.2. The Morgan fingerprint density at radius 2 is 1.95 bits per heavy atom. The molecular weight excluding hydrogens is 512 g/mol. The van der Waals surface area contributed by atoms with Crippen molar-refractivity contribution in [1.29, 1.82) is 0 Å². The summed E-state index contributed by atoms with van der Waals surface area (Å²) >= 11 is 0. The Morgan fingerprint density at radius 3 is 2.67 bits per heavy atom. The first-order chi connectivity index (χ1) is 18.4. The van der Waals surface area contributed by atoms with E-state index in [1.54, 1.807) is 12.1 Å². The zero-order valence-corrected chi connectivity index (χ0v) is 21.8. The van der Waals surface area contributed by atoms with Crippen molar-refractivity contribution < 1.29 is 32.2 Å². The van der Waals surface area contributed by atoms with Gasteiger partial charge in [0.05, 0.1) is 23.6 Å². The number of carbonyl (C=O) groups is 1. The number of aliphatic carboxylic acids is 1. The summed E-state index contributed by atoms with van der Waals surface area (Å²) in [5.74, 6) is -0.927. The van der Waals surface area contributed by atoms with Gasteiger partial charge >= 0.3 is 12.1 Å². The fourth-order valence-corrected chi connectivity index (χ4v) is 7.10. The van der Waals surface area contributed by atoms with Crippen molar-refractivity contribution >= 4 is 11.9 Å². The van der Waals surface area contributed by atoms with Gasteiger partial charge in [0.2, 0.25) is 5.90 Å². The highest BCUT2D eigenvalue weighted by molar-refractivity contribution is 5.90. The topological polar surface area (TPSA) is 70.9 Å². The Balaban J connectivity index is 1.28. The first kappa shape index (κ1) is 26.0.